The second kappa shape index (κ2) is 6.02. The Morgan fingerprint density at radius 1 is 1.16 bits per heavy atom. The molecule has 1 saturated heterocycles. The summed E-state index contributed by atoms with van der Waals surface area (Å²) in [6.07, 6.45) is 4.98. The van der Waals surface area contributed by atoms with Gasteiger partial charge in [0.05, 0.1) is 18.9 Å². The van der Waals surface area contributed by atoms with Gasteiger partial charge in [0.1, 0.15) is 12.3 Å². The van der Waals surface area contributed by atoms with Crippen LogP contribution in [0.25, 0.3) is 0 Å². The highest BCUT2D eigenvalue weighted by molar-refractivity contribution is 6.08. The van der Waals surface area contributed by atoms with Crippen LogP contribution in [0.2, 0.25) is 0 Å². The van der Waals surface area contributed by atoms with Gasteiger partial charge in [-0.1, -0.05) is 30.4 Å². The van der Waals surface area contributed by atoms with E-state index in [1.165, 1.54) is 0 Å². The van der Waals surface area contributed by atoms with Crippen LogP contribution in [-0.2, 0) is 20.9 Å². The van der Waals surface area contributed by atoms with Crippen LogP contribution in [0, 0.1) is 23.7 Å². The second-order valence-corrected chi connectivity index (χ2v) is 6.85. The van der Waals surface area contributed by atoms with Crippen LogP contribution in [0.15, 0.2) is 36.4 Å². The summed E-state index contributed by atoms with van der Waals surface area (Å²) in [6.45, 7) is 0.0813. The van der Waals surface area contributed by atoms with E-state index >= 15 is 0 Å². The van der Waals surface area contributed by atoms with E-state index in [9.17, 15) is 14.4 Å². The third kappa shape index (κ3) is 2.52. The number of fused-ring (bicyclic) bond motifs is 5. The number of amides is 3. The van der Waals surface area contributed by atoms with E-state index in [2.05, 4.69) is 5.32 Å². The molecule has 0 spiro atoms. The molecule has 0 unspecified atom stereocenters. The van der Waals surface area contributed by atoms with Gasteiger partial charge in [0.25, 0.3) is 0 Å². The maximum atomic E-state index is 12.6. The van der Waals surface area contributed by atoms with Crippen molar-refractivity contribution in [1.29, 1.82) is 0 Å². The molecule has 2 fully saturated rings. The van der Waals surface area contributed by atoms with Crippen LogP contribution in [0.5, 0.6) is 5.75 Å². The lowest BCUT2D eigenvalue weighted by molar-refractivity contribution is -0.144. The van der Waals surface area contributed by atoms with Crippen LogP contribution in [-0.4, -0.2) is 36.3 Å². The second-order valence-electron chi connectivity index (χ2n) is 6.85. The minimum Gasteiger partial charge on any atom is -0.496 e. The topological polar surface area (TPSA) is 75.7 Å². The molecule has 2 aliphatic carbocycles. The summed E-state index contributed by atoms with van der Waals surface area (Å²) in [7, 11) is 1.57. The number of allylic oxidation sites excluding steroid dienone is 2. The summed E-state index contributed by atoms with van der Waals surface area (Å²) in [4.78, 5) is 38.5. The normalized spacial score (nSPS) is 29.2. The van der Waals surface area contributed by atoms with Gasteiger partial charge in [0, 0.05) is 12.1 Å². The van der Waals surface area contributed by atoms with E-state index in [-0.39, 0.29) is 47.9 Å². The number of methoxy groups -OCH3 is 1. The predicted octanol–water partition coefficient (Wildman–Crippen LogP) is 1.12. The Morgan fingerprint density at radius 3 is 2.44 bits per heavy atom. The van der Waals surface area contributed by atoms with Crippen LogP contribution < -0.4 is 10.1 Å². The molecule has 4 atom stereocenters. The summed E-state index contributed by atoms with van der Waals surface area (Å²) < 4.78 is 5.25. The zero-order chi connectivity index (χ0) is 17.6. The predicted molar refractivity (Wildman–Crippen MR) is 89.3 cm³/mol. The van der Waals surface area contributed by atoms with Crippen LogP contribution in [0.1, 0.15) is 12.0 Å². The van der Waals surface area contributed by atoms with Crippen molar-refractivity contribution in [1.82, 2.24) is 10.2 Å². The van der Waals surface area contributed by atoms with Crippen LogP contribution in [0.4, 0.5) is 0 Å². The van der Waals surface area contributed by atoms with Crippen molar-refractivity contribution in [2.24, 2.45) is 23.7 Å². The number of ether oxygens (including phenoxy) is 1. The number of likely N-dealkylation sites (tertiary alicyclic amines) is 1. The number of para-hydroxylation sites is 1. The largest absolute Gasteiger partial charge is 0.496 e. The number of benzene rings is 1. The molecule has 1 aromatic carbocycles. The first kappa shape index (κ1) is 15.9. The lowest BCUT2D eigenvalue weighted by atomic mass is 9.85. The molecule has 0 aromatic heterocycles. The molecule has 25 heavy (non-hydrogen) atoms. The molecule has 1 N–H and O–H groups in total. The van der Waals surface area contributed by atoms with Gasteiger partial charge in [0.2, 0.25) is 17.7 Å². The minimum absolute atomic E-state index is 0.160. The van der Waals surface area contributed by atoms with Crippen LogP contribution >= 0.6 is 0 Å². The first-order valence-electron chi connectivity index (χ1n) is 8.52. The van der Waals surface area contributed by atoms with E-state index in [0.29, 0.717) is 12.3 Å². The van der Waals surface area contributed by atoms with Crippen molar-refractivity contribution < 1.29 is 19.1 Å². The zero-order valence-corrected chi connectivity index (χ0v) is 14.0. The van der Waals surface area contributed by atoms with Crippen molar-refractivity contribution in [2.75, 3.05) is 13.7 Å². The lowest BCUT2D eigenvalue weighted by Crippen LogP contribution is -2.41. The molecule has 1 aliphatic heterocycles. The molecule has 1 heterocycles. The molecule has 4 rings (SSSR count). The first-order valence-corrected chi connectivity index (χ1v) is 8.52. The van der Waals surface area contributed by atoms with Gasteiger partial charge in [-0.15, -0.1) is 0 Å². The molecule has 1 saturated carbocycles. The van der Waals surface area contributed by atoms with E-state index in [4.69, 9.17) is 4.74 Å². The fourth-order valence-electron chi connectivity index (χ4n) is 4.36. The summed E-state index contributed by atoms with van der Waals surface area (Å²) in [5.74, 6) is -0.241. The molecule has 3 aliphatic rings. The maximum absolute atomic E-state index is 12.6. The monoisotopic (exact) mass is 340 g/mol. The minimum atomic E-state index is -0.340. The lowest BCUT2D eigenvalue weighted by Gasteiger charge is -2.17. The number of nitrogens with zero attached hydrogens (tertiary/aromatic N) is 1. The number of imide groups is 1. The summed E-state index contributed by atoms with van der Waals surface area (Å²) in [5.41, 5.74) is 0.844. The molecule has 1 aromatic rings. The average Bonchev–Trinajstić information content (AvgIpc) is 3.30. The fraction of sp³-hybridized carbons (Fsp3) is 0.421. The Labute approximate surface area is 145 Å². The van der Waals surface area contributed by atoms with Crippen molar-refractivity contribution in [2.45, 2.75) is 13.0 Å². The summed E-state index contributed by atoms with van der Waals surface area (Å²) >= 11 is 0. The Kier molecular flexibility index (Phi) is 3.82. The Hall–Kier alpha value is -2.63. The number of hydrogen-bond acceptors (Lipinski definition) is 4. The highest BCUT2D eigenvalue weighted by Gasteiger charge is 2.59. The van der Waals surface area contributed by atoms with Gasteiger partial charge in [-0.25, -0.2) is 0 Å². The van der Waals surface area contributed by atoms with Gasteiger partial charge in [0.15, 0.2) is 0 Å². The standard InChI is InChI=1S/C19H20N2O4/c1-25-14-5-3-2-4-13(14)9-20-15(22)10-21-18(23)16-11-6-7-12(8-11)17(16)19(21)24/h2-7,11-12,16-17H,8-10H2,1H3,(H,20,22)/t11-,12-,16-,17+/m0/s1. The van der Waals surface area contributed by atoms with Crippen molar-refractivity contribution in [3.05, 3.63) is 42.0 Å². The Bertz CT molecular complexity index is 742. The smallest absolute Gasteiger partial charge is 0.240 e. The molecule has 130 valence electrons. The third-order valence-corrected chi connectivity index (χ3v) is 5.53. The highest BCUT2D eigenvalue weighted by atomic mass is 16.5. The van der Waals surface area contributed by atoms with E-state index in [0.717, 1.165) is 16.9 Å². The number of carbonyl (C=O) groups excluding carboxylic acids is 3. The van der Waals surface area contributed by atoms with Crippen molar-refractivity contribution in [3.8, 4) is 5.75 Å². The fourth-order valence-corrected chi connectivity index (χ4v) is 4.36. The van der Waals surface area contributed by atoms with E-state index in [1.807, 2.05) is 36.4 Å². The molecular formula is C19H20N2O4. The SMILES string of the molecule is COc1ccccc1CNC(=O)CN1C(=O)[C@@H]2[C@H](C1=O)[C@H]1C=C[C@H]2C1. The Morgan fingerprint density at radius 2 is 1.80 bits per heavy atom. The van der Waals surface area contributed by atoms with Crippen molar-refractivity contribution >= 4 is 17.7 Å². The Balaban J connectivity index is 1.39. The average molecular weight is 340 g/mol. The van der Waals surface area contributed by atoms with Gasteiger partial charge in [-0.2, -0.15) is 0 Å². The molecule has 0 radical (unpaired) electrons. The van der Waals surface area contributed by atoms with Gasteiger partial charge in [-0.05, 0) is 24.3 Å². The number of hydrogen-bond donors (Lipinski definition) is 1. The number of carbonyl (C=O) groups is 3. The molecule has 3 amide bonds. The first-order chi connectivity index (χ1) is 12.1. The number of nitrogens with one attached hydrogen (secondary N) is 1. The molecule has 6 heteroatoms. The molecule has 6 nitrogen and oxygen atoms in total. The van der Waals surface area contributed by atoms with E-state index < -0.39 is 0 Å². The zero-order valence-electron chi connectivity index (χ0n) is 14.0. The van der Waals surface area contributed by atoms with Crippen LogP contribution in [0.3, 0.4) is 0 Å². The van der Waals surface area contributed by atoms with Gasteiger partial charge < -0.3 is 10.1 Å². The highest BCUT2D eigenvalue weighted by Crippen LogP contribution is 2.52. The van der Waals surface area contributed by atoms with Crippen molar-refractivity contribution in [3.63, 3.8) is 0 Å². The maximum Gasteiger partial charge on any atom is 0.240 e. The summed E-state index contributed by atoms with van der Waals surface area (Å²) in [5, 5.41) is 2.76. The van der Waals surface area contributed by atoms with Gasteiger partial charge >= 0.3 is 0 Å². The third-order valence-electron chi connectivity index (χ3n) is 5.53. The van der Waals surface area contributed by atoms with E-state index in [1.54, 1.807) is 7.11 Å². The summed E-state index contributed by atoms with van der Waals surface area (Å²) in [6, 6.07) is 7.40. The molecule has 2 bridgehead atoms. The quantitative estimate of drug-likeness (QED) is 0.644. The number of rotatable bonds is 5. The van der Waals surface area contributed by atoms with Gasteiger partial charge in [-0.3, -0.25) is 19.3 Å². The molecular weight excluding hydrogens is 320 g/mol.